The Kier molecular flexibility index (Phi) is 5.56. The van der Waals surface area contributed by atoms with Crippen molar-refractivity contribution in [3.05, 3.63) is 65.9 Å². The van der Waals surface area contributed by atoms with Crippen molar-refractivity contribution in [3.63, 3.8) is 0 Å². The second-order valence-corrected chi connectivity index (χ2v) is 7.61. The van der Waals surface area contributed by atoms with Crippen LogP contribution in [0.4, 0.5) is 37.6 Å². The van der Waals surface area contributed by atoms with Crippen LogP contribution in [0.2, 0.25) is 0 Å². The summed E-state index contributed by atoms with van der Waals surface area (Å²) in [4.78, 5) is 7.73. The Balaban J connectivity index is 1.88. The van der Waals surface area contributed by atoms with Crippen LogP contribution < -0.4 is 15.4 Å². The molecular weight excluding hydrogens is 402 g/mol. The Hall–Kier alpha value is -3.78. The lowest BCUT2D eigenvalue weighted by atomic mass is 10.2. The molecule has 0 fully saturated rings. The van der Waals surface area contributed by atoms with E-state index in [-0.39, 0.29) is 34.4 Å². The first-order valence-corrected chi connectivity index (χ1v) is 9.97. The van der Waals surface area contributed by atoms with E-state index < -0.39 is 21.7 Å². The molecular formula is C18H14F2N6O2S. The molecule has 0 aliphatic heterocycles. The van der Waals surface area contributed by atoms with Gasteiger partial charge in [-0.05, 0) is 30.3 Å². The first-order chi connectivity index (χ1) is 13.7. The number of rotatable bonds is 6. The monoisotopic (exact) mass is 416 g/mol. The van der Waals surface area contributed by atoms with Crippen molar-refractivity contribution in [2.45, 2.75) is 0 Å². The zero-order valence-electron chi connectivity index (χ0n) is 14.9. The van der Waals surface area contributed by atoms with Gasteiger partial charge in [0, 0.05) is 0 Å². The Labute approximate surface area is 165 Å². The highest BCUT2D eigenvalue weighted by molar-refractivity contribution is 7.92. The van der Waals surface area contributed by atoms with Crippen LogP contribution in [0.25, 0.3) is 0 Å². The predicted molar refractivity (Wildman–Crippen MR) is 105 cm³/mol. The Morgan fingerprint density at radius 1 is 1.00 bits per heavy atom. The molecule has 3 N–H and O–H groups in total. The lowest BCUT2D eigenvalue weighted by Gasteiger charge is -2.13. The fraction of sp³-hybridized carbons (Fsp3) is 0.0556. The van der Waals surface area contributed by atoms with Crippen molar-refractivity contribution in [2.24, 2.45) is 0 Å². The van der Waals surface area contributed by atoms with E-state index in [0.29, 0.717) is 0 Å². The number of nitrogens with zero attached hydrogens (tertiary/aromatic N) is 3. The molecule has 0 saturated carbocycles. The van der Waals surface area contributed by atoms with Crippen LogP contribution in [0.15, 0.2) is 48.7 Å². The molecule has 0 amide bonds. The molecule has 29 heavy (non-hydrogen) atoms. The van der Waals surface area contributed by atoms with Gasteiger partial charge in [0.05, 0.1) is 41.1 Å². The van der Waals surface area contributed by atoms with Gasteiger partial charge in [-0.25, -0.2) is 22.2 Å². The first kappa shape index (κ1) is 20.0. The number of aromatic nitrogens is 2. The Morgan fingerprint density at radius 2 is 1.72 bits per heavy atom. The van der Waals surface area contributed by atoms with Crippen molar-refractivity contribution in [1.29, 1.82) is 5.26 Å². The van der Waals surface area contributed by atoms with Crippen LogP contribution in [0.1, 0.15) is 5.56 Å². The van der Waals surface area contributed by atoms with E-state index >= 15 is 0 Å². The third-order valence-corrected chi connectivity index (χ3v) is 4.15. The Morgan fingerprint density at radius 3 is 2.38 bits per heavy atom. The number of sulfonamides is 1. The van der Waals surface area contributed by atoms with Gasteiger partial charge < -0.3 is 10.6 Å². The third-order valence-electron chi connectivity index (χ3n) is 3.56. The van der Waals surface area contributed by atoms with Crippen LogP contribution in [0.5, 0.6) is 0 Å². The summed E-state index contributed by atoms with van der Waals surface area (Å²) in [7, 11) is -3.55. The van der Waals surface area contributed by atoms with E-state index in [1.807, 2.05) is 6.07 Å². The van der Waals surface area contributed by atoms with Gasteiger partial charge in [-0.15, -0.1) is 0 Å². The van der Waals surface area contributed by atoms with Crippen LogP contribution in [0.3, 0.4) is 0 Å². The first-order valence-electron chi connectivity index (χ1n) is 8.08. The number of benzene rings is 2. The van der Waals surface area contributed by atoms with Gasteiger partial charge in [-0.2, -0.15) is 10.2 Å². The van der Waals surface area contributed by atoms with E-state index in [1.54, 1.807) is 12.1 Å². The second kappa shape index (κ2) is 8.07. The number of para-hydroxylation sites is 2. The highest BCUT2D eigenvalue weighted by Gasteiger charge is 2.13. The minimum absolute atomic E-state index is 0.000649. The van der Waals surface area contributed by atoms with Crippen molar-refractivity contribution < 1.29 is 17.2 Å². The minimum atomic E-state index is -3.55. The molecule has 3 rings (SSSR count). The summed E-state index contributed by atoms with van der Waals surface area (Å²) in [6.45, 7) is 0. The van der Waals surface area contributed by atoms with Gasteiger partial charge >= 0.3 is 0 Å². The molecule has 0 saturated heterocycles. The van der Waals surface area contributed by atoms with E-state index in [1.165, 1.54) is 24.3 Å². The predicted octanol–water partition coefficient (Wildman–Crippen LogP) is 3.49. The van der Waals surface area contributed by atoms with Gasteiger partial charge in [0.15, 0.2) is 11.6 Å². The van der Waals surface area contributed by atoms with E-state index in [2.05, 4.69) is 25.3 Å². The van der Waals surface area contributed by atoms with Gasteiger partial charge in [-0.3, -0.25) is 4.72 Å². The van der Waals surface area contributed by atoms with E-state index in [4.69, 9.17) is 5.26 Å². The highest BCUT2D eigenvalue weighted by atomic mass is 32.2. The Bertz CT molecular complexity index is 1210. The van der Waals surface area contributed by atoms with Crippen molar-refractivity contribution in [1.82, 2.24) is 9.97 Å². The number of hydrogen-bond donors (Lipinski definition) is 3. The van der Waals surface area contributed by atoms with E-state index in [0.717, 1.165) is 18.5 Å². The summed E-state index contributed by atoms with van der Waals surface area (Å²) < 4.78 is 53.5. The molecule has 0 bridgehead atoms. The molecule has 2 aromatic carbocycles. The van der Waals surface area contributed by atoms with Crippen LogP contribution in [0, 0.1) is 23.0 Å². The van der Waals surface area contributed by atoms with Crippen LogP contribution >= 0.6 is 0 Å². The summed E-state index contributed by atoms with van der Waals surface area (Å²) >= 11 is 0. The molecule has 0 aliphatic rings. The molecule has 8 nitrogen and oxygen atoms in total. The molecule has 0 spiro atoms. The molecule has 0 aliphatic carbocycles. The highest BCUT2D eigenvalue weighted by Crippen LogP contribution is 2.27. The van der Waals surface area contributed by atoms with Gasteiger partial charge in [0.2, 0.25) is 16.0 Å². The topological polar surface area (TPSA) is 120 Å². The number of anilines is 5. The molecule has 1 heterocycles. The smallest absolute Gasteiger partial charge is 0.229 e. The molecule has 0 radical (unpaired) electrons. The number of halogens is 2. The number of hydrogen-bond acceptors (Lipinski definition) is 7. The molecule has 148 valence electrons. The number of nitrogens with one attached hydrogen (secondary N) is 3. The van der Waals surface area contributed by atoms with Crippen molar-refractivity contribution >= 4 is 38.9 Å². The summed E-state index contributed by atoms with van der Waals surface area (Å²) in [6, 6.07) is 11.8. The summed E-state index contributed by atoms with van der Waals surface area (Å²) in [5, 5.41) is 14.1. The van der Waals surface area contributed by atoms with Gasteiger partial charge in [0.25, 0.3) is 0 Å². The average Bonchev–Trinajstić information content (AvgIpc) is 2.66. The summed E-state index contributed by atoms with van der Waals surface area (Å²) in [5.41, 5.74) is 0.595. The summed E-state index contributed by atoms with van der Waals surface area (Å²) in [5.74, 6) is -1.86. The number of nitriles is 1. The van der Waals surface area contributed by atoms with Crippen LogP contribution in [-0.4, -0.2) is 24.6 Å². The largest absolute Gasteiger partial charge is 0.336 e. The molecule has 0 atom stereocenters. The molecule has 11 heteroatoms. The minimum Gasteiger partial charge on any atom is -0.336 e. The standard InChI is InChI=1S/C18H14F2N6O2S/c1-29(27,28)26-16-5-3-2-4-15(16)23-17-13(20)10-22-18(25-17)24-14-7-6-11(9-21)8-12(14)19/h2-8,10,26H,1H3,(H2,22,23,24,25). The SMILES string of the molecule is CS(=O)(=O)Nc1ccccc1Nc1nc(Nc2ccc(C#N)cc2F)ncc1F. The van der Waals surface area contributed by atoms with Gasteiger partial charge in [0.1, 0.15) is 5.82 Å². The zero-order valence-corrected chi connectivity index (χ0v) is 15.8. The van der Waals surface area contributed by atoms with E-state index in [9.17, 15) is 17.2 Å². The normalized spacial score (nSPS) is 10.8. The quantitative estimate of drug-likeness (QED) is 0.563. The average molecular weight is 416 g/mol. The fourth-order valence-corrected chi connectivity index (χ4v) is 2.91. The van der Waals surface area contributed by atoms with Crippen LogP contribution in [-0.2, 0) is 10.0 Å². The summed E-state index contributed by atoms with van der Waals surface area (Å²) in [6.07, 6.45) is 1.87. The zero-order chi connectivity index (χ0) is 21.0. The van der Waals surface area contributed by atoms with Crippen molar-refractivity contribution in [2.75, 3.05) is 21.6 Å². The maximum atomic E-state index is 14.2. The lowest BCUT2D eigenvalue weighted by Crippen LogP contribution is -2.11. The lowest BCUT2D eigenvalue weighted by molar-refractivity contribution is 0.607. The second-order valence-electron chi connectivity index (χ2n) is 5.87. The van der Waals surface area contributed by atoms with Crippen molar-refractivity contribution in [3.8, 4) is 6.07 Å². The fourth-order valence-electron chi connectivity index (χ4n) is 2.33. The third kappa shape index (κ3) is 5.14. The molecule has 0 unspecified atom stereocenters. The maximum Gasteiger partial charge on any atom is 0.229 e. The molecule has 1 aromatic heterocycles. The molecule has 3 aromatic rings. The van der Waals surface area contributed by atoms with Gasteiger partial charge in [-0.1, -0.05) is 12.1 Å². The maximum absolute atomic E-state index is 14.2.